The SMILES string of the molecule is O=C(COC(=O)C(Cc1ccccc1)N1C(=O)c2ccccc2C1=O)c1ccc(C2CCCCC2)cc1. The number of amides is 2. The average Bonchev–Trinajstić information content (AvgIpc) is 3.20. The van der Waals surface area contributed by atoms with Crippen molar-refractivity contribution in [3.63, 3.8) is 0 Å². The Kier molecular flexibility index (Phi) is 7.26. The number of hydrogen-bond acceptors (Lipinski definition) is 5. The molecule has 1 atom stereocenters. The average molecular weight is 496 g/mol. The van der Waals surface area contributed by atoms with Gasteiger partial charge in [-0.15, -0.1) is 0 Å². The lowest BCUT2D eigenvalue weighted by Crippen LogP contribution is -2.47. The van der Waals surface area contributed by atoms with E-state index in [4.69, 9.17) is 4.74 Å². The zero-order valence-corrected chi connectivity index (χ0v) is 20.6. The zero-order chi connectivity index (χ0) is 25.8. The number of ketones is 1. The molecular formula is C31H29NO5. The molecule has 188 valence electrons. The molecule has 1 heterocycles. The minimum absolute atomic E-state index is 0.0927. The van der Waals surface area contributed by atoms with Gasteiger partial charge in [-0.2, -0.15) is 0 Å². The highest BCUT2D eigenvalue weighted by Gasteiger charge is 2.43. The van der Waals surface area contributed by atoms with E-state index in [1.807, 2.05) is 42.5 Å². The highest BCUT2D eigenvalue weighted by molar-refractivity contribution is 6.22. The maximum atomic E-state index is 13.3. The lowest BCUT2D eigenvalue weighted by atomic mass is 9.84. The summed E-state index contributed by atoms with van der Waals surface area (Å²) in [6.45, 7) is -0.462. The molecule has 0 aromatic heterocycles. The van der Waals surface area contributed by atoms with Crippen LogP contribution in [0.2, 0.25) is 0 Å². The number of fused-ring (bicyclic) bond motifs is 1. The lowest BCUT2D eigenvalue weighted by Gasteiger charge is -2.24. The number of carbonyl (C=O) groups is 4. The number of nitrogens with zero attached hydrogens (tertiary/aromatic N) is 1. The summed E-state index contributed by atoms with van der Waals surface area (Å²) in [6, 6.07) is 22.0. The molecule has 3 aromatic rings. The molecule has 0 spiro atoms. The highest BCUT2D eigenvalue weighted by Crippen LogP contribution is 2.32. The Morgan fingerprint density at radius 2 is 1.38 bits per heavy atom. The van der Waals surface area contributed by atoms with E-state index >= 15 is 0 Å². The summed E-state index contributed by atoms with van der Waals surface area (Å²) in [7, 11) is 0. The van der Waals surface area contributed by atoms with Gasteiger partial charge in [0.25, 0.3) is 11.8 Å². The molecule has 6 nitrogen and oxygen atoms in total. The van der Waals surface area contributed by atoms with Crippen molar-refractivity contribution >= 4 is 23.6 Å². The third-order valence-electron chi connectivity index (χ3n) is 7.34. The van der Waals surface area contributed by atoms with E-state index in [0.29, 0.717) is 11.5 Å². The van der Waals surface area contributed by atoms with Crippen molar-refractivity contribution in [1.29, 1.82) is 0 Å². The smallest absolute Gasteiger partial charge is 0.330 e. The van der Waals surface area contributed by atoms with E-state index in [9.17, 15) is 19.2 Å². The summed E-state index contributed by atoms with van der Waals surface area (Å²) in [5.41, 5.74) is 2.99. The van der Waals surface area contributed by atoms with Crippen molar-refractivity contribution in [2.75, 3.05) is 6.61 Å². The molecule has 0 N–H and O–H groups in total. The van der Waals surface area contributed by atoms with Crippen molar-refractivity contribution in [2.45, 2.75) is 50.5 Å². The van der Waals surface area contributed by atoms with Crippen molar-refractivity contribution in [3.05, 3.63) is 107 Å². The molecule has 2 aliphatic rings. The predicted molar refractivity (Wildman–Crippen MR) is 138 cm³/mol. The van der Waals surface area contributed by atoms with E-state index in [-0.39, 0.29) is 23.3 Å². The molecule has 0 saturated heterocycles. The minimum Gasteiger partial charge on any atom is -0.456 e. The van der Waals surface area contributed by atoms with E-state index in [2.05, 4.69) is 0 Å². The Labute approximate surface area is 216 Å². The molecule has 6 heteroatoms. The zero-order valence-electron chi connectivity index (χ0n) is 20.6. The topological polar surface area (TPSA) is 80.8 Å². The fraction of sp³-hybridized carbons (Fsp3) is 0.290. The molecule has 1 aliphatic carbocycles. The molecule has 3 aromatic carbocycles. The number of imide groups is 1. The molecule has 37 heavy (non-hydrogen) atoms. The third-order valence-corrected chi connectivity index (χ3v) is 7.34. The molecule has 1 fully saturated rings. The molecule has 2 amide bonds. The molecule has 1 aliphatic heterocycles. The van der Waals surface area contributed by atoms with Crippen LogP contribution < -0.4 is 0 Å². The van der Waals surface area contributed by atoms with E-state index < -0.39 is 30.4 Å². The first-order valence-corrected chi connectivity index (χ1v) is 12.8. The van der Waals surface area contributed by atoms with Crippen LogP contribution in [-0.4, -0.2) is 41.1 Å². The summed E-state index contributed by atoms with van der Waals surface area (Å²) in [6.07, 6.45) is 6.19. The molecule has 0 bridgehead atoms. The van der Waals surface area contributed by atoms with Gasteiger partial charge >= 0.3 is 5.97 Å². The number of carbonyl (C=O) groups excluding carboxylic acids is 4. The summed E-state index contributed by atoms with van der Waals surface area (Å²) < 4.78 is 5.41. The van der Waals surface area contributed by atoms with Gasteiger partial charge < -0.3 is 4.74 Å². The minimum atomic E-state index is -1.18. The first-order chi connectivity index (χ1) is 18.0. The normalized spacial score (nSPS) is 16.4. The first kappa shape index (κ1) is 24.6. The highest BCUT2D eigenvalue weighted by atomic mass is 16.5. The summed E-state index contributed by atoms with van der Waals surface area (Å²) in [5, 5.41) is 0. The Morgan fingerprint density at radius 3 is 2.00 bits per heavy atom. The van der Waals surface area contributed by atoms with Gasteiger partial charge in [-0.3, -0.25) is 19.3 Å². The second kappa shape index (κ2) is 10.9. The lowest BCUT2D eigenvalue weighted by molar-refractivity contribution is -0.147. The van der Waals surface area contributed by atoms with Crippen LogP contribution in [0.5, 0.6) is 0 Å². The first-order valence-electron chi connectivity index (χ1n) is 12.8. The Bertz CT molecular complexity index is 1270. The largest absolute Gasteiger partial charge is 0.456 e. The number of rotatable bonds is 8. The van der Waals surface area contributed by atoms with Gasteiger partial charge in [0, 0.05) is 12.0 Å². The van der Waals surface area contributed by atoms with Gasteiger partial charge in [-0.1, -0.05) is 86.0 Å². The van der Waals surface area contributed by atoms with Crippen LogP contribution in [0.4, 0.5) is 0 Å². The van der Waals surface area contributed by atoms with Gasteiger partial charge in [0.15, 0.2) is 12.4 Å². The van der Waals surface area contributed by atoms with Gasteiger partial charge in [-0.25, -0.2) is 4.79 Å². The van der Waals surface area contributed by atoms with Crippen LogP contribution in [0.3, 0.4) is 0 Å². The van der Waals surface area contributed by atoms with Crippen molar-refractivity contribution in [1.82, 2.24) is 4.90 Å². The van der Waals surface area contributed by atoms with Crippen LogP contribution >= 0.6 is 0 Å². The Hall–Kier alpha value is -4.06. The van der Waals surface area contributed by atoms with Crippen molar-refractivity contribution in [3.8, 4) is 0 Å². The van der Waals surface area contributed by atoms with Crippen LogP contribution in [0.1, 0.15) is 80.2 Å². The second-order valence-corrected chi connectivity index (χ2v) is 9.72. The summed E-state index contributed by atoms with van der Waals surface area (Å²) in [4.78, 5) is 53.2. The molecule has 1 saturated carbocycles. The van der Waals surface area contributed by atoms with Crippen molar-refractivity contribution in [2.24, 2.45) is 0 Å². The van der Waals surface area contributed by atoms with Gasteiger partial charge in [0.1, 0.15) is 6.04 Å². The summed E-state index contributed by atoms with van der Waals surface area (Å²) in [5.74, 6) is -1.66. The maximum Gasteiger partial charge on any atom is 0.330 e. The second-order valence-electron chi connectivity index (χ2n) is 9.72. The van der Waals surface area contributed by atoms with Crippen LogP contribution in [-0.2, 0) is 16.0 Å². The van der Waals surface area contributed by atoms with Crippen molar-refractivity contribution < 1.29 is 23.9 Å². The Balaban J connectivity index is 1.30. The number of esters is 1. The van der Waals surface area contributed by atoms with Crippen LogP contribution in [0.25, 0.3) is 0 Å². The quantitative estimate of drug-likeness (QED) is 0.239. The maximum absolute atomic E-state index is 13.3. The Morgan fingerprint density at radius 1 is 0.784 bits per heavy atom. The standard InChI is InChI=1S/C31H29NO5/c33-28(24-17-15-23(16-18-24)22-11-5-2-6-12-22)20-37-31(36)27(19-21-9-3-1-4-10-21)32-29(34)25-13-7-8-14-26(25)30(32)35/h1,3-4,7-10,13-18,22,27H,2,5-6,11-12,19-20H2. The molecule has 1 unspecified atom stereocenters. The molecule has 5 rings (SSSR count). The van der Waals surface area contributed by atoms with Crippen LogP contribution in [0.15, 0.2) is 78.9 Å². The van der Waals surface area contributed by atoms with Gasteiger partial charge in [0.05, 0.1) is 11.1 Å². The number of benzene rings is 3. The van der Waals surface area contributed by atoms with Gasteiger partial charge in [0.2, 0.25) is 0 Å². The van der Waals surface area contributed by atoms with E-state index in [1.165, 1.54) is 37.7 Å². The number of hydrogen-bond donors (Lipinski definition) is 0. The number of ether oxygens (including phenoxy) is 1. The summed E-state index contributed by atoms with van der Waals surface area (Å²) >= 11 is 0. The monoisotopic (exact) mass is 495 g/mol. The fourth-order valence-electron chi connectivity index (χ4n) is 5.30. The predicted octanol–water partition coefficient (Wildman–Crippen LogP) is 5.37. The van der Waals surface area contributed by atoms with Crippen LogP contribution in [0, 0.1) is 0 Å². The number of Topliss-reactive ketones (excluding diaryl/α,β-unsaturated/α-hetero) is 1. The molecular weight excluding hydrogens is 466 g/mol. The fourth-order valence-corrected chi connectivity index (χ4v) is 5.30. The third kappa shape index (κ3) is 5.24. The van der Waals surface area contributed by atoms with E-state index in [1.54, 1.807) is 36.4 Å². The molecule has 0 radical (unpaired) electrons. The van der Waals surface area contributed by atoms with E-state index in [0.717, 1.165) is 10.5 Å². The van der Waals surface area contributed by atoms with Gasteiger partial charge in [-0.05, 0) is 42.0 Å².